The molecule has 4 rings (SSSR count). The van der Waals surface area contributed by atoms with Crippen molar-refractivity contribution in [2.75, 3.05) is 18.4 Å². The van der Waals surface area contributed by atoms with E-state index in [9.17, 15) is 12.8 Å². The molecule has 6 nitrogen and oxygen atoms in total. The number of piperidine rings is 1. The van der Waals surface area contributed by atoms with Crippen LogP contribution in [0.4, 0.5) is 16.1 Å². The molecule has 1 aromatic heterocycles. The Morgan fingerprint density at radius 1 is 1.08 bits per heavy atom. The third-order valence-electron chi connectivity index (χ3n) is 4.39. The molecule has 0 amide bonds. The number of anilines is 2. The maximum atomic E-state index is 13.3. The van der Waals surface area contributed by atoms with Crippen LogP contribution in [0.15, 0.2) is 51.8 Å². The fraction of sp³-hybridized carbons (Fsp3) is 0.278. The Balaban J connectivity index is 1.63. The lowest BCUT2D eigenvalue weighted by Crippen LogP contribution is -2.35. The van der Waals surface area contributed by atoms with Gasteiger partial charge in [-0.25, -0.2) is 12.8 Å². The smallest absolute Gasteiger partial charge is 0.300 e. The van der Waals surface area contributed by atoms with Gasteiger partial charge in [0.05, 0.1) is 4.90 Å². The standard InChI is InChI=1S/C18H18FN3O3S/c19-13-5-4-6-14(11-13)20-18-21-16-12-15(7-8-17(16)25-18)26(23,24)22-9-2-1-3-10-22/h4-8,11-12H,1-3,9-10H2,(H,20,21). The highest BCUT2D eigenvalue weighted by molar-refractivity contribution is 7.89. The average Bonchev–Trinajstić information content (AvgIpc) is 3.04. The number of aromatic nitrogens is 1. The Morgan fingerprint density at radius 3 is 2.65 bits per heavy atom. The van der Waals surface area contributed by atoms with Crippen LogP contribution >= 0.6 is 0 Å². The van der Waals surface area contributed by atoms with Crippen LogP contribution < -0.4 is 5.32 Å². The topological polar surface area (TPSA) is 75.4 Å². The highest BCUT2D eigenvalue weighted by Crippen LogP contribution is 2.27. The van der Waals surface area contributed by atoms with E-state index in [0.717, 1.165) is 19.3 Å². The van der Waals surface area contributed by atoms with Crippen molar-refractivity contribution in [3.8, 4) is 0 Å². The largest absolute Gasteiger partial charge is 0.423 e. The van der Waals surface area contributed by atoms with Gasteiger partial charge in [0.2, 0.25) is 10.0 Å². The van der Waals surface area contributed by atoms with Crippen molar-refractivity contribution in [3.05, 3.63) is 48.3 Å². The van der Waals surface area contributed by atoms with Crippen molar-refractivity contribution in [1.29, 1.82) is 0 Å². The Morgan fingerprint density at radius 2 is 1.88 bits per heavy atom. The minimum atomic E-state index is -3.53. The maximum absolute atomic E-state index is 13.3. The zero-order valence-corrected chi connectivity index (χ0v) is 14.8. The molecule has 0 saturated carbocycles. The van der Waals surface area contributed by atoms with Crippen molar-refractivity contribution in [2.45, 2.75) is 24.2 Å². The Kier molecular flexibility index (Phi) is 4.37. The molecule has 0 atom stereocenters. The molecule has 1 N–H and O–H groups in total. The molecule has 0 spiro atoms. The summed E-state index contributed by atoms with van der Waals surface area (Å²) >= 11 is 0. The van der Waals surface area contributed by atoms with Gasteiger partial charge >= 0.3 is 0 Å². The minimum absolute atomic E-state index is 0.179. The van der Waals surface area contributed by atoms with Crippen molar-refractivity contribution >= 4 is 32.8 Å². The van der Waals surface area contributed by atoms with E-state index in [4.69, 9.17) is 4.42 Å². The number of nitrogens with one attached hydrogen (secondary N) is 1. The number of oxazole rings is 1. The lowest BCUT2D eigenvalue weighted by Gasteiger charge is -2.25. The quantitative estimate of drug-likeness (QED) is 0.749. The Bertz CT molecular complexity index is 1040. The molecule has 3 aromatic rings. The van der Waals surface area contributed by atoms with Crippen molar-refractivity contribution < 1.29 is 17.2 Å². The average molecular weight is 375 g/mol. The number of sulfonamides is 1. The van der Waals surface area contributed by atoms with Crippen molar-refractivity contribution in [1.82, 2.24) is 9.29 Å². The molecule has 1 aliphatic rings. The lowest BCUT2D eigenvalue weighted by atomic mass is 10.2. The molecule has 0 bridgehead atoms. The van der Waals surface area contributed by atoms with E-state index in [2.05, 4.69) is 10.3 Å². The van der Waals surface area contributed by atoms with Gasteiger partial charge in [-0.1, -0.05) is 12.5 Å². The molecule has 0 aliphatic carbocycles. The number of halogens is 1. The van der Waals surface area contributed by atoms with Crippen LogP contribution in [-0.2, 0) is 10.0 Å². The molecular formula is C18H18FN3O3S. The van der Waals surface area contributed by atoms with Gasteiger partial charge in [-0.05, 0) is 49.2 Å². The normalized spacial score (nSPS) is 16.0. The summed E-state index contributed by atoms with van der Waals surface area (Å²) in [6, 6.07) is 10.7. The second-order valence-corrected chi connectivity index (χ2v) is 8.19. The zero-order valence-electron chi connectivity index (χ0n) is 14.0. The highest BCUT2D eigenvalue weighted by atomic mass is 32.2. The van der Waals surface area contributed by atoms with E-state index in [0.29, 0.717) is 29.9 Å². The number of rotatable bonds is 4. The van der Waals surface area contributed by atoms with Gasteiger partial charge in [0.25, 0.3) is 6.01 Å². The van der Waals surface area contributed by atoms with E-state index >= 15 is 0 Å². The molecule has 2 aromatic carbocycles. The summed E-state index contributed by atoms with van der Waals surface area (Å²) in [4.78, 5) is 4.48. The summed E-state index contributed by atoms with van der Waals surface area (Å²) in [5.41, 5.74) is 1.39. The van der Waals surface area contributed by atoms with Crippen LogP contribution in [-0.4, -0.2) is 30.8 Å². The fourth-order valence-corrected chi connectivity index (χ4v) is 4.60. The monoisotopic (exact) mass is 375 g/mol. The predicted molar refractivity (Wildman–Crippen MR) is 96.3 cm³/mol. The molecule has 1 saturated heterocycles. The number of fused-ring (bicyclic) bond motifs is 1. The van der Waals surface area contributed by atoms with Crippen LogP contribution in [0.2, 0.25) is 0 Å². The van der Waals surface area contributed by atoms with E-state index in [1.165, 1.54) is 28.6 Å². The number of benzene rings is 2. The van der Waals surface area contributed by atoms with E-state index in [1.807, 2.05) is 0 Å². The van der Waals surface area contributed by atoms with Crippen molar-refractivity contribution in [3.63, 3.8) is 0 Å². The summed E-state index contributed by atoms with van der Waals surface area (Å²) in [7, 11) is -3.53. The summed E-state index contributed by atoms with van der Waals surface area (Å²) < 4.78 is 45.9. The van der Waals surface area contributed by atoms with Crippen molar-refractivity contribution in [2.24, 2.45) is 0 Å². The van der Waals surface area contributed by atoms with Crippen LogP contribution in [0.5, 0.6) is 0 Å². The van der Waals surface area contributed by atoms with E-state index in [-0.39, 0.29) is 16.7 Å². The molecule has 2 heterocycles. The molecule has 8 heteroatoms. The predicted octanol–water partition coefficient (Wildman–Crippen LogP) is 3.89. The van der Waals surface area contributed by atoms with Gasteiger partial charge < -0.3 is 9.73 Å². The molecular weight excluding hydrogens is 357 g/mol. The maximum Gasteiger partial charge on any atom is 0.300 e. The molecule has 1 fully saturated rings. The van der Waals surface area contributed by atoms with Crippen LogP contribution in [0.3, 0.4) is 0 Å². The number of nitrogens with zero attached hydrogens (tertiary/aromatic N) is 2. The SMILES string of the molecule is O=S(=O)(c1ccc2oc(Nc3cccc(F)c3)nc2c1)N1CCCCC1. The van der Waals surface area contributed by atoms with Crippen LogP contribution in [0.25, 0.3) is 11.1 Å². The third kappa shape index (κ3) is 3.30. The molecule has 0 radical (unpaired) electrons. The second-order valence-electron chi connectivity index (χ2n) is 6.25. The first-order valence-electron chi connectivity index (χ1n) is 8.46. The number of hydrogen-bond acceptors (Lipinski definition) is 5. The van der Waals surface area contributed by atoms with Gasteiger partial charge in [-0.15, -0.1) is 0 Å². The fourth-order valence-electron chi connectivity index (χ4n) is 3.07. The van der Waals surface area contributed by atoms with Gasteiger partial charge in [0.1, 0.15) is 11.3 Å². The van der Waals surface area contributed by atoms with Crippen LogP contribution in [0, 0.1) is 5.82 Å². The molecule has 0 unspecified atom stereocenters. The van der Waals surface area contributed by atoms with E-state index < -0.39 is 10.0 Å². The Labute approximate surface area is 150 Å². The van der Waals surface area contributed by atoms with Crippen LogP contribution in [0.1, 0.15) is 19.3 Å². The van der Waals surface area contributed by atoms with Gasteiger partial charge in [-0.3, -0.25) is 0 Å². The summed E-state index contributed by atoms with van der Waals surface area (Å²) in [6.45, 7) is 1.09. The second kappa shape index (κ2) is 6.69. The molecule has 136 valence electrons. The Hall–Kier alpha value is -2.45. The lowest BCUT2D eigenvalue weighted by molar-refractivity contribution is 0.346. The first-order valence-corrected chi connectivity index (χ1v) is 9.90. The minimum Gasteiger partial charge on any atom is -0.423 e. The summed E-state index contributed by atoms with van der Waals surface area (Å²) in [6.07, 6.45) is 2.82. The number of hydrogen-bond donors (Lipinski definition) is 1. The highest BCUT2D eigenvalue weighted by Gasteiger charge is 2.26. The van der Waals surface area contributed by atoms with Gasteiger partial charge in [0.15, 0.2) is 5.58 Å². The van der Waals surface area contributed by atoms with Gasteiger partial charge in [-0.2, -0.15) is 9.29 Å². The van der Waals surface area contributed by atoms with E-state index in [1.54, 1.807) is 18.2 Å². The van der Waals surface area contributed by atoms with Gasteiger partial charge in [0, 0.05) is 18.8 Å². The summed E-state index contributed by atoms with van der Waals surface area (Å²) in [5, 5.41) is 2.88. The first kappa shape index (κ1) is 17.0. The first-order chi connectivity index (χ1) is 12.5. The molecule has 26 heavy (non-hydrogen) atoms. The summed E-state index contributed by atoms with van der Waals surface area (Å²) in [5.74, 6) is -0.374. The molecule has 1 aliphatic heterocycles. The third-order valence-corrected chi connectivity index (χ3v) is 6.28. The zero-order chi connectivity index (χ0) is 18.1.